The van der Waals surface area contributed by atoms with Gasteiger partial charge in [-0.1, -0.05) is 25.1 Å². The summed E-state index contributed by atoms with van der Waals surface area (Å²) in [5.41, 5.74) is 8.66. The first kappa shape index (κ1) is 26.9. The Labute approximate surface area is 213 Å². The van der Waals surface area contributed by atoms with Gasteiger partial charge in [0.1, 0.15) is 11.6 Å². The van der Waals surface area contributed by atoms with Crippen LogP contribution in [0.3, 0.4) is 0 Å². The number of guanidine groups is 1. The van der Waals surface area contributed by atoms with Crippen LogP contribution < -0.4 is 21.3 Å². The topological polar surface area (TPSA) is 122 Å². The lowest BCUT2D eigenvalue weighted by atomic mass is 9.97. The van der Waals surface area contributed by atoms with Crippen molar-refractivity contribution in [1.82, 2.24) is 20.8 Å². The third-order valence-electron chi connectivity index (χ3n) is 5.78. The van der Waals surface area contributed by atoms with Crippen molar-refractivity contribution in [3.8, 4) is 0 Å². The van der Waals surface area contributed by atoms with E-state index in [1.807, 2.05) is 19.1 Å². The van der Waals surface area contributed by atoms with E-state index in [2.05, 4.69) is 39.5 Å². The Morgan fingerprint density at radius 1 is 1.30 bits per heavy atom. The van der Waals surface area contributed by atoms with E-state index in [1.165, 1.54) is 0 Å². The molecule has 3 heterocycles. The van der Waals surface area contributed by atoms with Gasteiger partial charge < -0.3 is 25.8 Å². The van der Waals surface area contributed by atoms with Gasteiger partial charge in [-0.25, -0.2) is 9.98 Å². The molecule has 0 aliphatic carbocycles. The number of hydrogen-bond acceptors (Lipinski definition) is 6. The second kappa shape index (κ2) is 13.4. The largest absolute Gasteiger partial charge is 0.369 e. The lowest BCUT2D eigenvalue weighted by Gasteiger charge is -2.33. The lowest BCUT2D eigenvalue weighted by Crippen LogP contribution is -2.42. The molecule has 1 atom stereocenters. The van der Waals surface area contributed by atoms with Gasteiger partial charge in [-0.3, -0.25) is 4.79 Å². The Hall–Kier alpha value is -2.37. The lowest BCUT2D eigenvalue weighted by molar-refractivity contribution is -0.122. The summed E-state index contributed by atoms with van der Waals surface area (Å²) in [6.45, 7) is 9.48. The number of anilines is 1. The molecule has 3 rings (SSSR count). The highest BCUT2D eigenvalue weighted by Gasteiger charge is 2.26. The molecule has 0 bridgehead atoms. The van der Waals surface area contributed by atoms with Crippen LogP contribution in [-0.2, 0) is 30.7 Å². The molecule has 1 amide bonds. The molecule has 1 unspecified atom stereocenters. The van der Waals surface area contributed by atoms with Gasteiger partial charge in [-0.05, 0) is 32.3 Å². The van der Waals surface area contributed by atoms with Gasteiger partial charge in [0.15, 0.2) is 5.96 Å². The van der Waals surface area contributed by atoms with Gasteiger partial charge >= 0.3 is 0 Å². The van der Waals surface area contributed by atoms with Crippen LogP contribution in [0.4, 0.5) is 5.82 Å². The smallest absolute Gasteiger partial charge is 0.222 e. The van der Waals surface area contributed by atoms with E-state index in [0.717, 1.165) is 73.1 Å². The van der Waals surface area contributed by atoms with Crippen LogP contribution in [0, 0.1) is 5.92 Å². The number of amides is 1. The fraction of sp³-hybridized carbons (Fsp3) is 0.565. The number of rotatable bonds is 9. The summed E-state index contributed by atoms with van der Waals surface area (Å²) < 4.78 is 5.47. The number of nitrogens with two attached hydrogens (primary N) is 1. The maximum Gasteiger partial charge on any atom is 0.222 e. The number of aryl methyl sites for hydroxylation is 2. The highest BCUT2D eigenvalue weighted by atomic mass is 127. The maximum atomic E-state index is 11.7. The highest BCUT2D eigenvalue weighted by Crippen LogP contribution is 2.25. The average molecular weight is 569 g/mol. The Bertz CT molecular complexity index is 910. The van der Waals surface area contributed by atoms with Gasteiger partial charge in [0, 0.05) is 49.9 Å². The first-order chi connectivity index (χ1) is 15.6. The number of pyridine rings is 1. The van der Waals surface area contributed by atoms with Crippen molar-refractivity contribution >= 4 is 41.7 Å². The molecule has 1 aliphatic rings. The minimum atomic E-state index is -0.240. The van der Waals surface area contributed by atoms with Gasteiger partial charge in [0.2, 0.25) is 5.91 Å². The summed E-state index contributed by atoms with van der Waals surface area (Å²) in [6, 6.07) is 3.95. The average Bonchev–Trinajstić information content (AvgIpc) is 3.23. The fourth-order valence-electron chi connectivity index (χ4n) is 4.06. The van der Waals surface area contributed by atoms with Crippen molar-refractivity contribution in [2.45, 2.75) is 59.5 Å². The Morgan fingerprint density at radius 3 is 2.82 bits per heavy atom. The van der Waals surface area contributed by atoms with Crippen LogP contribution in [-0.4, -0.2) is 41.6 Å². The second-order valence-electron chi connectivity index (χ2n) is 7.96. The molecular formula is C23H36IN7O2. The van der Waals surface area contributed by atoms with Gasteiger partial charge in [0.05, 0.1) is 18.2 Å². The van der Waals surface area contributed by atoms with Crippen molar-refractivity contribution in [2.75, 3.05) is 24.5 Å². The molecule has 0 saturated carbocycles. The predicted octanol–water partition coefficient (Wildman–Crippen LogP) is 2.77. The van der Waals surface area contributed by atoms with Gasteiger partial charge in [-0.2, -0.15) is 0 Å². The van der Waals surface area contributed by atoms with Crippen molar-refractivity contribution in [3.05, 3.63) is 40.9 Å². The second-order valence-corrected chi connectivity index (χ2v) is 7.96. The number of carbonyl (C=O) groups excluding carboxylic acids is 1. The summed E-state index contributed by atoms with van der Waals surface area (Å²) in [7, 11) is 0. The Balaban J connectivity index is 0.00000385. The number of nitrogens with zero attached hydrogens (tertiary/aromatic N) is 4. The zero-order chi connectivity index (χ0) is 22.9. The molecule has 2 aromatic rings. The molecule has 1 saturated heterocycles. The van der Waals surface area contributed by atoms with E-state index in [4.69, 9.17) is 15.2 Å². The predicted molar refractivity (Wildman–Crippen MR) is 141 cm³/mol. The zero-order valence-electron chi connectivity index (χ0n) is 19.8. The third-order valence-corrected chi connectivity index (χ3v) is 5.78. The van der Waals surface area contributed by atoms with Gasteiger partial charge in [-0.15, -0.1) is 24.0 Å². The van der Waals surface area contributed by atoms with Crippen LogP contribution in [0.25, 0.3) is 0 Å². The molecule has 2 aromatic heterocycles. The Kier molecular flexibility index (Phi) is 10.9. The maximum absolute atomic E-state index is 11.7. The molecule has 0 spiro atoms. The number of aromatic nitrogens is 2. The summed E-state index contributed by atoms with van der Waals surface area (Å²) in [5.74, 6) is 2.13. The Morgan fingerprint density at radius 2 is 2.12 bits per heavy atom. The van der Waals surface area contributed by atoms with Crippen molar-refractivity contribution < 1.29 is 9.32 Å². The molecule has 33 heavy (non-hydrogen) atoms. The molecule has 4 N–H and O–H groups in total. The molecule has 1 aliphatic heterocycles. The van der Waals surface area contributed by atoms with Crippen LogP contribution in [0.1, 0.15) is 56.2 Å². The molecule has 10 heteroatoms. The molecular weight excluding hydrogens is 533 g/mol. The van der Waals surface area contributed by atoms with Crippen molar-refractivity contribution in [3.63, 3.8) is 0 Å². The molecule has 1 fully saturated rings. The summed E-state index contributed by atoms with van der Waals surface area (Å²) in [6.07, 6.45) is 5.18. The normalized spacial score (nSPS) is 16.3. The van der Waals surface area contributed by atoms with E-state index < -0.39 is 0 Å². The van der Waals surface area contributed by atoms with E-state index >= 15 is 0 Å². The number of aliphatic imine (C=N–C) groups is 1. The van der Waals surface area contributed by atoms with Crippen molar-refractivity contribution in [2.24, 2.45) is 16.6 Å². The molecule has 182 valence electrons. The first-order valence-corrected chi connectivity index (χ1v) is 11.5. The molecule has 0 aromatic carbocycles. The molecule has 9 nitrogen and oxygen atoms in total. The summed E-state index contributed by atoms with van der Waals surface area (Å²) in [4.78, 5) is 23.2. The van der Waals surface area contributed by atoms with E-state index in [1.54, 1.807) is 6.20 Å². The van der Waals surface area contributed by atoms with Crippen LogP contribution in [0.15, 0.2) is 27.8 Å². The highest BCUT2D eigenvalue weighted by molar-refractivity contribution is 14.0. The standard InChI is InChI=1S/C23H35N7O2.HI/c1-4-19-18(20(5-2)32-29-19)14-28-23(25-6-3)27-13-16-9-7-11-26-22(16)30-12-8-10-17(15-30)21(24)31;/h7,9,11,17H,4-6,8,10,12-15H2,1-3H3,(H2,24,31)(H2,25,27,28);1H. The zero-order valence-corrected chi connectivity index (χ0v) is 22.1. The van der Waals surface area contributed by atoms with E-state index in [9.17, 15) is 4.79 Å². The number of halogens is 1. The fourth-order valence-corrected chi connectivity index (χ4v) is 4.06. The van der Waals surface area contributed by atoms with E-state index in [0.29, 0.717) is 19.6 Å². The van der Waals surface area contributed by atoms with Gasteiger partial charge in [0.25, 0.3) is 0 Å². The van der Waals surface area contributed by atoms with E-state index in [-0.39, 0.29) is 35.8 Å². The number of piperidine rings is 1. The molecule has 0 radical (unpaired) electrons. The summed E-state index contributed by atoms with van der Waals surface area (Å²) in [5, 5.41) is 10.9. The SMILES string of the molecule is CCNC(=NCc1cccnc1N1CCCC(C(N)=O)C1)NCc1c(CC)noc1CC.I. The summed E-state index contributed by atoms with van der Waals surface area (Å²) >= 11 is 0. The quantitative estimate of drug-likeness (QED) is 0.241. The van der Waals surface area contributed by atoms with Crippen LogP contribution in [0.5, 0.6) is 0 Å². The number of carbonyl (C=O) groups is 1. The van der Waals surface area contributed by atoms with Crippen LogP contribution >= 0.6 is 24.0 Å². The monoisotopic (exact) mass is 569 g/mol. The minimum Gasteiger partial charge on any atom is -0.369 e. The third kappa shape index (κ3) is 7.05. The van der Waals surface area contributed by atoms with Crippen LogP contribution in [0.2, 0.25) is 0 Å². The number of hydrogen-bond donors (Lipinski definition) is 3. The van der Waals surface area contributed by atoms with Crippen molar-refractivity contribution in [1.29, 1.82) is 0 Å². The first-order valence-electron chi connectivity index (χ1n) is 11.5. The number of primary amides is 1. The number of nitrogens with one attached hydrogen (secondary N) is 2. The minimum absolute atomic E-state index is 0.